The summed E-state index contributed by atoms with van der Waals surface area (Å²) in [6.07, 6.45) is 0.519. The van der Waals surface area contributed by atoms with Crippen LogP contribution in [0.3, 0.4) is 0 Å². The van der Waals surface area contributed by atoms with Crippen LogP contribution in [0.5, 0.6) is 5.75 Å². The Hall–Kier alpha value is -1.46. The molecule has 0 unspecified atom stereocenters. The van der Waals surface area contributed by atoms with Gasteiger partial charge < -0.3 is 9.84 Å². The highest BCUT2D eigenvalue weighted by molar-refractivity contribution is 5.44. The van der Waals surface area contributed by atoms with Gasteiger partial charge in [0.25, 0.3) is 0 Å². The van der Waals surface area contributed by atoms with Crippen molar-refractivity contribution in [3.8, 4) is 17.6 Å². The SMILES string of the molecule is COc1ccc(C#CCCO)c(C)c1. The van der Waals surface area contributed by atoms with E-state index in [1.54, 1.807) is 7.11 Å². The van der Waals surface area contributed by atoms with Crippen molar-refractivity contribution < 1.29 is 9.84 Å². The van der Waals surface area contributed by atoms with Crippen molar-refractivity contribution in [1.29, 1.82) is 0 Å². The molecular formula is C12H14O2. The number of hydrogen-bond donors (Lipinski definition) is 1. The van der Waals surface area contributed by atoms with Gasteiger partial charge in [-0.3, -0.25) is 0 Å². The fraction of sp³-hybridized carbons (Fsp3) is 0.333. The molecule has 0 amide bonds. The molecule has 1 aromatic carbocycles. The highest BCUT2D eigenvalue weighted by atomic mass is 16.5. The third-order valence-electron chi connectivity index (χ3n) is 1.89. The van der Waals surface area contributed by atoms with E-state index in [-0.39, 0.29) is 6.61 Å². The molecule has 0 radical (unpaired) electrons. The Morgan fingerprint density at radius 3 is 2.79 bits per heavy atom. The van der Waals surface area contributed by atoms with Crippen molar-refractivity contribution in [1.82, 2.24) is 0 Å². The molecule has 0 aliphatic rings. The smallest absolute Gasteiger partial charge is 0.119 e. The summed E-state index contributed by atoms with van der Waals surface area (Å²) < 4.78 is 5.09. The molecule has 0 aromatic heterocycles. The third-order valence-corrected chi connectivity index (χ3v) is 1.89. The van der Waals surface area contributed by atoms with Crippen molar-refractivity contribution in [2.45, 2.75) is 13.3 Å². The predicted molar refractivity (Wildman–Crippen MR) is 56.3 cm³/mol. The van der Waals surface area contributed by atoms with E-state index in [0.29, 0.717) is 6.42 Å². The molecule has 1 aromatic rings. The highest BCUT2D eigenvalue weighted by Crippen LogP contribution is 2.15. The molecule has 0 heterocycles. The van der Waals surface area contributed by atoms with E-state index < -0.39 is 0 Å². The molecule has 2 heteroatoms. The van der Waals surface area contributed by atoms with E-state index in [2.05, 4.69) is 11.8 Å². The molecule has 1 N–H and O–H groups in total. The molecule has 0 aliphatic carbocycles. The lowest BCUT2D eigenvalue weighted by Gasteiger charge is -2.02. The van der Waals surface area contributed by atoms with Gasteiger partial charge in [-0.15, -0.1) is 0 Å². The van der Waals surface area contributed by atoms with E-state index in [1.807, 2.05) is 25.1 Å². The van der Waals surface area contributed by atoms with Crippen molar-refractivity contribution >= 4 is 0 Å². The number of benzene rings is 1. The molecule has 14 heavy (non-hydrogen) atoms. The molecule has 0 fully saturated rings. The number of methoxy groups -OCH3 is 1. The van der Waals surface area contributed by atoms with Crippen molar-refractivity contribution in [3.05, 3.63) is 29.3 Å². The van der Waals surface area contributed by atoms with Gasteiger partial charge in [-0.25, -0.2) is 0 Å². The zero-order valence-corrected chi connectivity index (χ0v) is 8.50. The molecule has 0 saturated carbocycles. The van der Waals surface area contributed by atoms with Crippen molar-refractivity contribution in [2.24, 2.45) is 0 Å². The van der Waals surface area contributed by atoms with Crippen LogP contribution in [0.2, 0.25) is 0 Å². The molecule has 2 nitrogen and oxygen atoms in total. The Balaban J connectivity index is 2.85. The van der Waals surface area contributed by atoms with Crippen LogP contribution >= 0.6 is 0 Å². The number of aliphatic hydroxyl groups is 1. The molecular weight excluding hydrogens is 176 g/mol. The summed E-state index contributed by atoms with van der Waals surface area (Å²) in [6.45, 7) is 2.10. The number of rotatable bonds is 2. The maximum atomic E-state index is 8.57. The second kappa shape index (κ2) is 5.31. The minimum Gasteiger partial charge on any atom is -0.497 e. The fourth-order valence-corrected chi connectivity index (χ4v) is 1.12. The van der Waals surface area contributed by atoms with Gasteiger partial charge >= 0.3 is 0 Å². The maximum Gasteiger partial charge on any atom is 0.119 e. The van der Waals surface area contributed by atoms with Crippen LogP contribution in [-0.4, -0.2) is 18.8 Å². The Kier molecular flexibility index (Phi) is 4.03. The Bertz CT molecular complexity index is 358. The largest absolute Gasteiger partial charge is 0.497 e. The zero-order valence-electron chi connectivity index (χ0n) is 8.50. The monoisotopic (exact) mass is 190 g/mol. The van der Waals surface area contributed by atoms with Crippen LogP contribution in [0.15, 0.2) is 18.2 Å². The van der Waals surface area contributed by atoms with Crippen LogP contribution in [0.25, 0.3) is 0 Å². The Morgan fingerprint density at radius 1 is 1.43 bits per heavy atom. The van der Waals surface area contributed by atoms with Gasteiger partial charge in [-0.2, -0.15) is 0 Å². The molecule has 1 rings (SSSR count). The number of ether oxygens (including phenoxy) is 1. The number of aryl methyl sites for hydroxylation is 1. The van der Waals surface area contributed by atoms with Gasteiger partial charge in [0, 0.05) is 12.0 Å². The lowest BCUT2D eigenvalue weighted by Crippen LogP contribution is -1.87. The number of aliphatic hydroxyl groups excluding tert-OH is 1. The molecule has 0 saturated heterocycles. The molecule has 0 aliphatic heterocycles. The Labute approximate surface area is 84.5 Å². The van der Waals surface area contributed by atoms with Crippen LogP contribution in [0.4, 0.5) is 0 Å². The molecule has 0 bridgehead atoms. The van der Waals surface area contributed by atoms with Crippen molar-refractivity contribution in [2.75, 3.05) is 13.7 Å². The third kappa shape index (κ3) is 2.79. The minimum absolute atomic E-state index is 0.113. The van der Waals surface area contributed by atoms with Gasteiger partial charge in [0.1, 0.15) is 5.75 Å². The van der Waals surface area contributed by atoms with Gasteiger partial charge in [0.15, 0.2) is 0 Å². The second-order valence-corrected chi connectivity index (χ2v) is 2.96. The average Bonchev–Trinajstić information content (AvgIpc) is 2.20. The van der Waals surface area contributed by atoms with Gasteiger partial charge in [-0.1, -0.05) is 11.8 Å². The zero-order chi connectivity index (χ0) is 10.4. The van der Waals surface area contributed by atoms with E-state index in [9.17, 15) is 0 Å². The topological polar surface area (TPSA) is 29.5 Å². The van der Waals surface area contributed by atoms with E-state index >= 15 is 0 Å². The average molecular weight is 190 g/mol. The van der Waals surface area contributed by atoms with E-state index in [1.165, 1.54) is 0 Å². The van der Waals surface area contributed by atoms with Gasteiger partial charge in [0.05, 0.1) is 13.7 Å². The summed E-state index contributed by atoms with van der Waals surface area (Å²) in [5.74, 6) is 6.73. The van der Waals surface area contributed by atoms with Crippen LogP contribution in [-0.2, 0) is 0 Å². The van der Waals surface area contributed by atoms with Crippen LogP contribution in [0, 0.1) is 18.8 Å². The summed E-state index contributed by atoms with van der Waals surface area (Å²) in [5, 5.41) is 8.57. The minimum atomic E-state index is 0.113. The fourth-order valence-electron chi connectivity index (χ4n) is 1.12. The first-order valence-electron chi connectivity index (χ1n) is 4.52. The first kappa shape index (κ1) is 10.6. The normalized spacial score (nSPS) is 9.07. The van der Waals surface area contributed by atoms with E-state index in [0.717, 1.165) is 16.9 Å². The Morgan fingerprint density at radius 2 is 2.21 bits per heavy atom. The van der Waals surface area contributed by atoms with Crippen LogP contribution in [0.1, 0.15) is 17.5 Å². The van der Waals surface area contributed by atoms with Gasteiger partial charge in [-0.05, 0) is 30.7 Å². The first-order chi connectivity index (χ1) is 6.77. The molecule has 74 valence electrons. The maximum absolute atomic E-state index is 8.57. The second-order valence-electron chi connectivity index (χ2n) is 2.96. The van der Waals surface area contributed by atoms with E-state index in [4.69, 9.17) is 9.84 Å². The highest BCUT2D eigenvalue weighted by Gasteiger charge is 1.96. The summed E-state index contributed by atoms with van der Waals surface area (Å²) >= 11 is 0. The summed E-state index contributed by atoms with van der Waals surface area (Å²) in [6, 6.07) is 5.76. The summed E-state index contributed by atoms with van der Waals surface area (Å²) in [7, 11) is 1.64. The molecule has 0 atom stereocenters. The summed E-state index contributed by atoms with van der Waals surface area (Å²) in [5.41, 5.74) is 2.08. The lowest BCUT2D eigenvalue weighted by molar-refractivity contribution is 0.305. The standard InChI is InChI=1S/C12H14O2/c1-10-9-12(14-2)7-6-11(10)5-3-4-8-13/h6-7,9,13H,4,8H2,1-2H3. The quantitative estimate of drug-likeness (QED) is 0.720. The number of hydrogen-bond acceptors (Lipinski definition) is 2. The lowest BCUT2D eigenvalue weighted by atomic mass is 10.1. The first-order valence-corrected chi connectivity index (χ1v) is 4.52. The van der Waals surface area contributed by atoms with Crippen molar-refractivity contribution in [3.63, 3.8) is 0 Å². The predicted octanol–water partition coefficient (Wildman–Crippen LogP) is 1.74. The summed E-state index contributed by atoms with van der Waals surface area (Å²) in [4.78, 5) is 0. The van der Waals surface area contributed by atoms with Gasteiger partial charge in [0.2, 0.25) is 0 Å². The van der Waals surface area contributed by atoms with Crippen LogP contribution < -0.4 is 4.74 Å². The molecule has 0 spiro atoms.